The number of carbonyl (C=O) groups excluding carboxylic acids is 3. The van der Waals surface area contributed by atoms with E-state index in [2.05, 4.69) is 17.4 Å². The van der Waals surface area contributed by atoms with Crippen LogP contribution in [0.2, 0.25) is 0 Å². The average Bonchev–Trinajstić information content (AvgIpc) is 3.48. The van der Waals surface area contributed by atoms with Gasteiger partial charge in [0, 0.05) is 56.9 Å². The monoisotopic (exact) mass is 526 g/mol. The van der Waals surface area contributed by atoms with Crippen LogP contribution < -0.4 is 10.1 Å². The molecule has 1 aliphatic carbocycles. The SMILES string of the molecule is CO[C@@H]1CN(C)C(=O)c2ccc(NC(=O)c3ccno3)cc2OC[C@@H](C)N(C(=O)C2CCCCC2)C[C@H]1C. The molecule has 1 saturated carbocycles. The Bertz CT molecular complexity index is 1110. The first kappa shape index (κ1) is 27.6. The normalized spacial score (nSPS) is 23.6. The average molecular weight is 527 g/mol. The number of hydrogen-bond donors (Lipinski definition) is 1. The Kier molecular flexibility index (Phi) is 9.04. The number of likely N-dealkylation sites (N-methyl/N-ethyl adjacent to an activating group) is 1. The van der Waals surface area contributed by atoms with Gasteiger partial charge in [-0.3, -0.25) is 14.4 Å². The first-order valence-electron chi connectivity index (χ1n) is 13.4. The number of nitrogens with one attached hydrogen (secondary N) is 1. The van der Waals surface area contributed by atoms with Crippen molar-refractivity contribution in [1.82, 2.24) is 15.0 Å². The lowest BCUT2D eigenvalue weighted by molar-refractivity contribution is -0.141. The highest BCUT2D eigenvalue weighted by Gasteiger charge is 2.33. The number of benzene rings is 1. The number of nitrogens with zero attached hydrogens (tertiary/aromatic N) is 3. The molecule has 2 aliphatic rings. The third-order valence-electron chi connectivity index (χ3n) is 7.60. The standard InChI is InChI=1S/C28H38N4O6/c1-18-15-32(27(34)20-8-6-5-7-9-20)19(2)17-37-24-14-21(30-26(33)23-12-13-29-38-23)10-11-22(24)28(35)31(3)16-25(18)36-4/h10-14,18-20,25H,5-9,15-17H2,1-4H3,(H,30,33)/t18-,19-,25-/m1/s1. The lowest BCUT2D eigenvalue weighted by atomic mass is 9.87. The van der Waals surface area contributed by atoms with Gasteiger partial charge in [0.2, 0.25) is 11.7 Å². The van der Waals surface area contributed by atoms with Gasteiger partial charge in [0.1, 0.15) is 12.4 Å². The van der Waals surface area contributed by atoms with Crippen molar-refractivity contribution in [3.05, 3.63) is 41.8 Å². The molecular formula is C28H38N4O6. The molecule has 2 aromatic rings. The Hall–Kier alpha value is -3.40. The Balaban J connectivity index is 1.63. The van der Waals surface area contributed by atoms with Crippen molar-refractivity contribution < 1.29 is 28.4 Å². The number of carbonyl (C=O) groups is 3. The molecule has 1 aliphatic heterocycles. The van der Waals surface area contributed by atoms with Crippen LogP contribution in [0, 0.1) is 11.8 Å². The van der Waals surface area contributed by atoms with Crippen LogP contribution in [0.5, 0.6) is 5.75 Å². The number of hydrogen-bond acceptors (Lipinski definition) is 7. The van der Waals surface area contributed by atoms with Crippen molar-refractivity contribution >= 4 is 23.4 Å². The largest absolute Gasteiger partial charge is 0.491 e. The Morgan fingerprint density at radius 1 is 1.11 bits per heavy atom. The minimum atomic E-state index is -0.464. The third kappa shape index (κ3) is 6.35. The molecule has 10 heteroatoms. The van der Waals surface area contributed by atoms with E-state index in [9.17, 15) is 14.4 Å². The number of rotatable bonds is 4. The highest BCUT2D eigenvalue weighted by atomic mass is 16.5. The van der Waals surface area contributed by atoms with Crippen molar-refractivity contribution in [2.45, 2.75) is 58.1 Å². The Morgan fingerprint density at radius 2 is 1.87 bits per heavy atom. The number of aromatic nitrogens is 1. The topological polar surface area (TPSA) is 114 Å². The molecule has 0 spiro atoms. The molecule has 3 atom stereocenters. The molecule has 1 N–H and O–H groups in total. The maximum atomic E-state index is 13.7. The number of anilines is 1. The van der Waals surface area contributed by atoms with E-state index in [1.807, 2.05) is 11.8 Å². The van der Waals surface area contributed by atoms with Crippen LogP contribution in [0.1, 0.15) is 66.9 Å². The molecule has 1 aromatic heterocycles. The van der Waals surface area contributed by atoms with E-state index in [0.717, 1.165) is 25.7 Å². The number of fused-ring (bicyclic) bond motifs is 1. The predicted molar refractivity (Wildman–Crippen MR) is 141 cm³/mol. The lowest BCUT2D eigenvalue weighted by Gasteiger charge is -2.38. The van der Waals surface area contributed by atoms with Crippen LogP contribution in [0.3, 0.4) is 0 Å². The molecular weight excluding hydrogens is 488 g/mol. The summed E-state index contributed by atoms with van der Waals surface area (Å²) in [5.74, 6) is -0.0763. The second-order valence-corrected chi connectivity index (χ2v) is 10.5. The van der Waals surface area contributed by atoms with Gasteiger partial charge in [-0.2, -0.15) is 0 Å². The van der Waals surface area contributed by atoms with Crippen molar-refractivity contribution in [3.63, 3.8) is 0 Å². The fourth-order valence-electron chi connectivity index (χ4n) is 5.27. The maximum Gasteiger partial charge on any atom is 0.294 e. The summed E-state index contributed by atoms with van der Waals surface area (Å²) >= 11 is 0. The first-order chi connectivity index (χ1) is 18.3. The minimum absolute atomic E-state index is 0.0119. The molecule has 2 heterocycles. The molecule has 1 fully saturated rings. The summed E-state index contributed by atoms with van der Waals surface area (Å²) in [5, 5.41) is 6.31. The van der Waals surface area contributed by atoms with Gasteiger partial charge in [-0.15, -0.1) is 0 Å². The molecule has 206 valence electrons. The van der Waals surface area contributed by atoms with Crippen LogP contribution in [-0.2, 0) is 9.53 Å². The minimum Gasteiger partial charge on any atom is -0.491 e. The molecule has 4 rings (SSSR count). The van der Waals surface area contributed by atoms with Crippen LogP contribution in [-0.4, -0.2) is 78.7 Å². The summed E-state index contributed by atoms with van der Waals surface area (Å²) in [5.41, 5.74) is 0.810. The van der Waals surface area contributed by atoms with Crippen LogP contribution in [0.4, 0.5) is 5.69 Å². The predicted octanol–water partition coefficient (Wildman–Crippen LogP) is 3.84. The summed E-state index contributed by atoms with van der Waals surface area (Å²) < 4.78 is 16.9. The summed E-state index contributed by atoms with van der Waals surface area (Å²) in [7, 11) is 3.37. The summed E-state index contributed by atoms with van der Waals surface area (Å²) in [6.45, 7) is 5.11. The van der Waals surface area contributed by atoms with Gasteiger partial charge in [0.15, 0.2) is 0 Å². The van der Waals surface area contributed by atoms with Gasteiger partial charge in [0.25, 0.3) is 11.8 Å². The van der Waals surface area contributed by atoms with E-state index in [0.29, 0.717) is 30.1 Å². The smallest absolute Gasteiger partial charge is 0.294 e. The van der Waals surface area contributed by atoms with Gasteiger partial charge < -0.3 is 29.1 Å². The molecule has 0 bridgehead atoms. The molecule has 3 amide bonds. The van der Waals surface area contributed by atoms with Gasteiger partial charge in [-0.05, 0) is 31.9 Å². The number of methoxy groups -OCH3 is 1. The van der Waals surface area contributed by atoms with Gasteiger partial charge in [0.05, 0.1) is 23.9 Å². The highest BCUT2D eigenvalue weighted by Crippen LogP contribution is 2.29. The van der Waals surface area contributed by atoms with Gasteiger partial charge >= 0.3 is 0 Å². The molecule has 1 aromatic carbocycles. The van der Waals surface area contributed by atoms with E-state index in [1.165, 1.54) is 18.7 Å². The van der Waals surface area contributed by atoms with Crippen LogP contribution in [0.15, 0.2) is 35.0 Å². The number of amides is 3. The van der Waals surface area contributed by atoms with E-state index >= 15 is 0 Å². The van der Waals surface area contributed by atoms with E-state index in [1.54, 1.807) is 37.3 Å². The van der Waals surface area contributed by atoms with Crippen LogP contribution >= 0.6 is 0 Å². The molecule has 0 radical (unpaired) electrons. The molecule has 0 saturated heterocycles. The van der Waals surface area contributed by atoms with Crippen molar-refractivity contribution in [1.29, 1.82) is 0 Å². The zero-order valence-electron chi connectivity index (χ0n) is 22.6. The zero-order valence-corrected chi connectivity index (χ0v) is 22.6. The quantitative estimate of drug-likeness (QED) is 0.644. The second-order valence-electron chi connectivity index (χ2n) is 10.5. The second kappa shape index (κ2) is 12.4. The lowest BCUT2D eigenvalue weighted by Crippen LogP contribution is -2.50. The van der Waals surface area contributed by atoms with E-state index in [-0.39, 0.29) is 48.2 Å². The van der Waals surface area contributed by atoms with Crippen molar-refractivity contribution in [2.24, 2.45) is 11.8 Å². The van der Waals surface area contributed by atoms with E-state index < -0.39 is 5.91 Å². The maximum absolute atomic E-state index is 13.7. The zero-order chi connectivity index (χ0) is 27.2. The molecule has 0 unspecified atom stereocenters. The van der Waals surface area contributed by atoms with Gasteiger partial charge in [-0.1, -0.05) is 31.3 Å². The molecule has 38 heavy (non-hydrogen) atoms. The van der Waals surface area contributed by atoms with Crippen LogP contribution in [0.25, 0.3) is 0 Å². The number of ether oxygens (including phenoxy) is 2. The first-order valence-corrected chi connectivity index (χ1v) is 13.4. The fourth-order valence-corrected chi connectivity index (χ4v) is 5.27. The molecule has 10 nitrogen and oxygen atoms in total. The Labute approximate surface area is 223 Å². The Morgan fingerprint density at radius 3 is 2.55 bits per heavy atom. The van der Waals surface area contributed by atoms with Gasteiger partial charge in [-0.25, -0.2) is 0 Å². The summed E-state index contributed by atoms with van der Waals surface area (Å²) in [6, 6.07) is 6.14. The summed E-state index contributed by atoms with van der Waals surface area (Å²) in [4.78, 5) is 43.1. The van der Waals surface area contributed by atoms with E-state index in [4.69, 9.17) is 14.0 Å². The van der Waals surface area contributed by atoms with Crippen molar-refractivity contribution in [2.75, 3.05) is 39.2 Å². The third-order valence-corrected chi connectivity index (χ3v) is 7.60. The van der Waals surface area contributed by atoms with Crippen molar-refractivity contribution in [3.8, 4) is 5.75 Å². The summed E-state index contributed by atoms with van der Waals surface area (Å²) in [6.07, 6.45) is 6.31. The highest BCUT2D eigenvalue weighted by molar-refractivity contribution is 6.03. The fraction of sp³-hybridized carbons (Fsp3) is 0.571.